The third kappa shape index (κ3) is 2.55. The van der Waals surface area contributed by atoms with Gasteiger partial charge in [-0.05, 0) is 24.3 Å². The van der Waals surface area contributed by atoms with Gasteiger partial charge in [0.2, 0.25) is 0 Å². The molecule has 0 saturated carbocycles. The van der Waals surface area contributed by atoms with Crippen molar-refractivity contribution < 1.29 is 9.59 Å². The monoisotopic (exact) mass is 240 g/mol. The molecule has 0 radical (unpaired) electrons. The van der Waals surface area contributed by atoms with Gasteiger partial charge in [-0.15, -0.1) is 0 Å². The van der Waals surface area contributed by atoms with Gasteiger partial charge in [0.05, 0.1) is 11.3 Å². The molecule has 18 heavy (non-hydrogen) atoms. The maximum absolute atomic E-state index is 11.9. The second-order valence-corrected chi connectivity index (χ2v) is 3.73. The number of nitrogens with two attached hydrogens (primary N) is 1. The molecule has 3 N–H and O–H groups in total. The summed E-state index contributed by atoms with van der Waals surface area (Å²) in [6.45, 7) is 0. The summed E-state index contributed by atoms with van der Waals surface area (Å²) in [5.74, 6) is -0.844. The minimum absolute atomic E-state index is 0.274. The SMILES string of the molecule is NC(=O)c1ccccc1NC(=O)c1ccccc1. The number of hydrogen-bond donors (Lipinski definition) is 2. The highest BCUT2D eigenvalue weighted by atomic mass is 16.2. The van der Waals surface area contributed by atoms with Crippen LogP contribution < -0.4 is 11.1 Å². The van der Waals surface area contributed by atoms with Crippen molar-refractivity contribution in [1.82, 2.24) is 0 Å². The maximum Gasteiger partial charge on any atom is 0.255 e. The van der Waals surface area contributed by atoms with Crippen LogP contribution in [0.3, 0.4) is 0 Å². The zero-order chi connectivity index (χ0) is 13.0. The van der Waals surface area contributed by atoms with Gasteiger partial charge in [-0.25, -0.2) is 0 Å². The number of rotatable bonds is 3. The molecule has 90 valence electrons. The Bertz CT molecular complexity index is 579. The molecular weight excluding hydrogens is 228 g/mol. The second-order valence-electron chi connectivity index (χ2n) is 3.73. The van der Waals surface area contributed by atoms with Gasteiger partial charge in [-0.2, -0.15) is 0 Å². The number of carbonyl (C=O) groups is 2. The van der Waals surface area contributed by atoms with Crippen LogP contribution in [0.2, 0.25) is 0 Å². The predicted octanol–water partition coefficient (Wildman–Crippen LogP) is 2.04. The molecule has 0 bridgehead atoms. The molecule has 2 rings (SSSR count). The third-order valence-corrected chi connectivity index (χ3v) is 2.48. The van der Waals surface area contributed by atoms with E-state index in [-0.39, 0.29) is 5.91 Å². The lowest BCUT2D eigenvalue weighted by atomic mass is 10.1. The van der Waals surface area contributed by atoms with Crippen molar-refractivity contribution in [2.45, 2.75) is 0 Å². The van der Waals surface area contributed by atoms with E-state index in [1.807, 2.05) is 6.07 Å². The molecule has 0 aliphatic carbocycles. The van der Waals surface area contributed by atoms with Crippen molar-refractivity contribution in [2.24, 2.45) is 5.73 Å². The highest BCUT2D eigenvalue weighted by Crippen LogP contribution is 2.15. The van der Waals surface area contributed by atoms with Crippen molar-refractivity contribution >= 4 is 17.5 Å². The molecule has 2 aromatic rings. The molecule has 0 heterocycles. The van der Waals surface area contributed by atoms with Crippen LogP contribution in [-0.4, -0.2) is 11.8 Å². The fourth-order valence-corrected chi connectivity index (χ4v) is 1.59. The molecule has 0 aromatic heterocycles. The van der Waals surface area contributed by atoms with Gasteiger partial charge >= 0.3 is 0 Å². The highest BCUT2D eigenvalue weighted by Gasteiger charge is 2.11. The van der Waals surface area contributed by atoms with Crippen molar-refractivity contribution in [3.05, 3.63) is 65.7 Å². The summed E-state index contributed by atoms with van der Waals surface area (Å²) < 4.78 is 0. The van der Waals surface area contributed by atoms with Crippen LogP contribution in [-0.2, 0) is 0 Å². The lowest BCUT2D eigenvalue weighted by molar-refractivity contribution is 0.100. The van der Waals surface area contributed by atoms with E-state index in [0.29, 0.717) is 16.8 Å². The first-order valence-electron chi connectivity index (χ1n) is 5.43. The van der Waals surface area contributed by atoms with E-state index >= 15 is 0 Å². The average molecular weight is 240 g/mol. The quantitative estimate of drug-likeness (QED) is 0.861. The Balaban J connectivity index is 2.25. The zero-order valence-electron chi connectivity index (χ0n) is 9.59. The number of hydrogen-bond acceptors (Lipinski definition) is 2. The molecule has 2 aromatic carbocycles. The first-order chi connectivity index (χ1) is 8.68. The topological polar surface area (TPSA) is 72.2 Å². The Morgan fingerprint density at radius 3 is 2.17 bits per heavy atom. The molecule has 0 spiro atoms. The van der Waals surface area contributed by atoms with Gasteiger partial charge in [0.25, 0.3) is 11.8 Å². The lowest BCUT2D eigenvalue weighted by Gasteiger charge is -2.08. The largest absolute Gasteiger partial charge is 0.366 e. The second kappa shape index (κ2) is 5.14. The summed E-state index contributed by atoms with van der Waals surface area (Å²) in [5, 5.41) is 2.67. The molecular formula is C14H12N2O2. The average Bonchev–Trinajstić information content (AvgIpc) is 2.40. The minimum atomic E-state index is -0.570. The number of primary amides is 1. The van der Waals surface area contributed by atoms with E-state index < -0.39 is 5.91 Å². The Morgan fingerprint density at radius 1 is 0.889 bits per heavy atom. The molecule has 0 aliphatic rings. The minimum Gasteiger partial charge on any atom is -0.366 e. The van der Waals surface area contributed by atoms with E-state index in [9.17, 15) is 9.59 Å². The lowest BCUT2D eigenvalue weighted by Crippen LogP contribution is -2.18. The van der Waals surface area contributed by atoms with Gasteiger partial charge in [-0.1, -0.05) is 30.3 Å². The van der Waals surface area contributed by atoms with Gasteiger partial charge in [0, 0.05) is 5.56 Å². The molecule has 0 unspecified atom stereocenters. The van der Waals surface area contributed by atoms with E-state index in [0.717, 1.165) is 0 Å². The van der Waals surface area contributed by atoms with Crippen molar-refractivity contribution in [2.75, 3.05) is 5.32 Å². The Kier molecular flexibility index (Phi) is 3.38. The van der Waals surface area contributed by atoms with Crippen LogP contribution in [0.4, 0.5) is 5.69 Å². The summed E-state index contributed by atoms with van der Waals surface area (Å²) >= 11 is 0. The van der Waals surface area contributed by atoms with Crippen molar-refractivity contribution in [1.29, 1.82) is 0 Å². The molecule has 4 nitrogen and oxygen atoms in total. The van der Waals surface area contributed by atoms with Gasteiger partial charge in [-0.3, -0.25) is 9.59 Å². The maximum atomic E-state index is 11.9. The van der Waals surface area contributed by atoms with Gasteiger partial charge in [0.15, 0.2) is 0 Å². The predicted molar refractivity (Wildman–Crippen MR) is 69.4 cm³/mol. The smallest absolute Gasteiger partial charge is 0.255 e. The number of benzene rings is 2. The van der Waals surface area contributed by atoms with Crippen LogP contribution >= 0.6 is 0 Å². The third-order valence-electron chi connectivity index (χ3n) is 2.48. The Morgan fingerprint density at radius 2 is 1.50 bits per heavy atom. The first kappa shape index (κ1) is 11.9. The molecule has 0 fully saturated rings. The molecule has 0 saturated heterocycles. The van der Waals surface area contributed by atoms with E-state index in [4.69, 9.17) is 5.73 Å². The van der Waals surface area contributed by atoms with Crippen molar-refractivity contribution in [3.63, 3.8) is 0 Å². The number of anilines is 1. The fourth-order valence-electron chi connectivity index (χ4n) is 1.59. The van der Waals surface area contributed by atoms with E-state index in [1.165, 1.54) is 0 Å². The number of amides is 2. The van der Waals surface area contributed by atoms with Crippen LogP contribution in [0.1, 0.15) is 20.7 Å². The molecule has 0 aliphatic heterocycles. The van der Waals surface area contributed by atoms with Crippen LogP contribution in [0.25, 0.3) is 0 Å². The summed E-state index contributed by atoms with van der Waals surface area (Å²) in [7, 11) is 0. The summed E-state index contributed by atoms with van der Waals surface area (Å²) in [6.07, 6.45) is 0. The van der Waals surface area contributed by atoms with Crippen LogP contribution in [0.15, 0.2) is 54.6 Å². The summed E-state index contributed by atoms with van der Waals surface area (Å²) in [6, 6.07) is 15.4. The number of carbonyl (C=O) groups excluding carboxylic acids is 2. The standard InChI is InChI=1S/C14H12N2O2/c15-13(17)11-8-4-5-9-12(11)16-14(18)10-6-2-1-3-7-10/h1-9H,(H2,15,17)(H,16,18). The summed E-state index contributed by atoms with van der Waals surface area (Å²) in [4.78, 5) is 23.1. The number of para-hydroxylation sites is 1. The first-order valence-corrected chi connectivity index (χ1v) is 5.43. The Labute approximate surface area is 104 Å². The molecule has 0 atom stereocenters. The van der Waals surface area contributed by atoms with E-state index in [2.05, 4.69) is 5.32 Å². The summed E-state index contributed by atoms with van der Waals surface area (Å²) in [5.41, 5.74) is 6.47. The highest BCUT2D eigenvalue weighted by molar-refractivity contribution is 6.08. The van der Waals surface area contributed by atoms with Gasteiger partial charge in [0.1, 0.15) is 0 Å². The van der Waals surface area contributed by atoms with E-state index in [1.54, 1.807) is 48.5 Å². The van der Waals surface area contributed by atoms with Crippen molar-refractivity contribution in [3.8, 4) is 0 Å². The normalized spacial score (nSPS) is 9.78. The van der Waals surface area contributed by atoms with Gasteiger partial charge < -0.3 is 11.1 Å². The molecule has 4 heteroatoms. The van der Waals surface area contributed by atoms with Crippen LogP contribution in [0, 0.1) is 0 Å². The Hall–Kier alpha value is -2.62. The number of nitrogens with one attached hydrogen (secondary N) is 1. The molecule has 2 amide bonds. The fraction of sp³-hybridized carbons (Fsp3) is 0. The zero-order valence-corrected chi connectivity index (χ0v) is 9.59. The van der Waals surface area contributed by atoms with Crippen LogP contribution in [0.5, 0.6) is 0 Å².